The Kier molecular flexibility index (Phi) is 5.53. The Hall–Kier alpha value is -3.26. The molecule has 0 spiro atoms. The lowest BCUT2D eigenvalue weighted by Crippen LogP contribution is -2.26. The fraction of sp³-hybridized carbons (Fsp3) is 0.333. The second-order valence-electron chi connectivity index (χ2n) is 6.85. The summed E-state index contributed by atoms with van der Waals surface area (Å²) in [7, 11) is 3.32. The van der Waals surface area contributed by atoms with E-state index in [1.807, 2.05) is 18.2 Å². The maximum absolute atomic E-state index is 12.7. The molecule has 0 aliphatic carbocycles. The van der Waals surface area contributed by atoms with Crippen molar-refractivity contribution in [3.63, 3.8) is 0 Å². The molecule has 4 rings (SSSR count). The van der Waals surface area contributed by atoms with E-state index in [9.17, 15) is 4.79 Å². The highest BCUT2D eigenvalue weighted by Crippen LogP contribution is 2.30. The minimum Gasteiger partial charge on any atom is -0.496 e. The molecule has 1 aromatic carbocycles. The molecule has 2 aromatic heterocycles. The third kappa shape index (κ3) is 3.97. The molecule has 3 aromatic rings. The first-order chi connectivity index (χ1) is 14.2. The van der Waals surface area contributed by atoms with Gasteiger partial charge in [-0.15, -0.1) is 0 Å². The number of rotatable bonds is 5. The molecule has 0 bridgehead atoms. The third-order valence-electron chi connectivity index (χ3n) is 5.16. The lowest BCUT2D eigenvalue weighted by molar-refractivity contribution is 0.267. The van der Waals surface area contributed by atoms with Gasteiger partial charge in [-0.2, -0.15) is 0 Å². The molecule has 0 radical (unpaired) electrons. The molecule has 0 fully saturated rings. The molecule has 0 amide bonds. The summed E-state index contributed by atoms with van der Waals surface area (Å²) in [6, 6.07) is 5.78. The summed E-state index contributed by atoms with van der Waals surface area (Å²) in [5.41, 5.74) is 3.03. The van der Waals surface area contributed by atoms with Gasteiger partial charge >= 0.3 is 0 Å². The Morgan fingerprint density at radius 2 is 1.86 bits per heavy atom. The van der Waals surface area contributed by atoms with Crippen molar-refractivity contribution in [2.24, 2.45) is 0 Å². The number of ether oxygens (including phenoxy) is 2. The smallest absolute Gasteiger partial charge is 0.254 e. The Bertz CT molecular complexity index is 1030. The molecule has 0 saturated heterocycles. The summed E-state index contributed by atoms with van der Waals surface area (Å²) in [4.78, 5) is 30.8. The van der Waals surface area contributed by atoms with Crippen LogP contribution in [0.25, 0.3) is 11.5 Å². The van der Waals surface area contributed by atoms with Gasteiger partial charge in [-0.3, -0.25) is 14.7 Å². The zero-order chi connectivity index (χ0) is 20.2. The van der Waals surface area contributed by atoms with Gasteiger partial charge in [0.15, 0.2) is 5.82 Å². The molecule has 1 aliphatic heterocycles. The van der Waals surface area contributed by atoms with Gasteiger partial charge in [0.1, 0.15) is 17.2 Å². The lowest BCUT2D eigenvalue weighted by Gasteiger charge is -2.22. The molecule has 0 unspecified atom stereocenters. The van der Waals surface area contributed by atoms with Crippen molar-refractivity contribution in [3.05, 3.63) is 64.0 Å². The van der Waals surface area contributed by atoms with E-state index >= 15 is 0 Å². The number of nitrogens with one attached hydrogen (secondary N) is 1. The van der Waals surface area contributed by atoms with Crippen molar-refractivity contribution in [1.29, 1.82) is 0 Å². The van der Waals surface area contributed by atoms with Crippen molar-refractivity contribution >= 4 is 0 Å². The third-order valence-corrected chi connectivity index (χ3v) is 5.16. The van der Waals surface area contributed by atoms with Crippen LogP contribution >= 0.6 is 0 Å². The van der Waals surface area contributed by atoms with Gasteiger partial charge in [-0.25, -0.2) is 9.97 Å². The molecule has 1 N–H and O–H groups in total. The largest absolute Gasteiger partial charge is 0.496 e. The van der Waals surface area contributed by atoms with Gasteiger partial charge in [0.05, 0.1) is 31.7 Å². The van der Waals surface area contributed by atoms with Gasteiger partial charge in [0.25, 0.3) is 5.56 Å². The topological polar surface area (TPSA) is 93.2 Å². The first-order valence-electron chi connectivity index (χ1n) is 9.50. The maximum Gasteiger partial charge on any atom is 0.254 e. The quantitative estimate of drug-likeness (QED) is 0.707. The Morgan fingerprint density at radius 3 is 2.55 bits per heavy atom. The lowest BCUT2D eigenvalue weighted by atomic mass is 10.1. The van der Waals surface area contributed by atoms with E-state index in [1.54, 1.807) is 32.8 Å². The van der Waals surface area contributed by atoms with Gasteiger partial charge in [-0.1, -0.05) is 6.07 Å². The number of hydrogen-bond donors (Lipinski definition) is 1. The summed E-state index contributed by atoms with van der Waals surface area (Å²) < 4.78 is 11.0. The molecule has 0 saturated carbocycles. The van der Waals surface area contributed by atoms with Gasteiger partial charge in [-0.05, 0) is 18.6 Å². The van der Waals surface area contributed by atoms with Crippen molar-refractivity contribution < 1.29 is 9.47 Å². The van der Waals surface area contributed by atoms with Crippen molar-refractivity contribution in [1.82, 2.24) is 24.8 Å². The van der Waals surface area contributed by atoms with Gasteiger partial charge in [0, 0.05) is 44.0 Å². The second-order valence-corrected chi connectivity index (χ2v) is 6.85. The molecule has 29 heavy (non-hydrogen) atoms. The van der Waals surface area contributed by atoms with Crippen LogP contribution < -0.4 is 15.0 Å². The fourth-order valence-corrected chi connectivity index (χ4v) is 3.66. The van der Waals surface area contributed by atoms with Crippen molar-refractivity contribution in [3.8, 4) is 23.0 Å². The van der Waals surface area contributed by atoms with Crippen LogP contribution in [0.15, 0.2) is 41.6 Å². The Labute approximate surface area is 168 Å². The second kappa shape index (κ2) is 8.40. The molecular weight excluding hydrogens is 370 g/mol. The summed E-state index contributed by atoms with van der Waals surface area (Å²) >= 11 is 0. The number of benzene rings is 1. The number of methoxy groups -OCH3 is 2. The fourth-order valence-electron chi connectivity index (χ4n) is 3.66. The highest BCUT2D eigenvalue weighted by atomic mass is 16.5. The minimum absolute atomic E-state index is 0.104. The van der Waals surface area contributed by atoms with Crippen LogP contribution in [0.5, 0.6) is 11.5 Å². The number of fused-ring (bicyclic) bond motifs is 1. The van der Waals surface area contributed by atoms with E-state index in [4.69, 9.17) is 9.47 Å². The SMILES string of the molecule is COc1cccc(OC)c1CN1CCc2nc(-c3cnccn3)[nH]c(=O)c2CC1. The Morgan fingerprint density at radius 1 is 1.10 bits per heavy atom. The average Bonchev–Trinajstić information content (AvgIpc) is 2.97. The molecule has 0 atom stereocenters. The molecule has 150 valence electrons. The molecule has 8 nitrogen and oxygen atoms in total. The zero-order valence-electron chi connectivity index (χ0n) is 16.5. The van der Waals surface area contributed by atoms with Crippen LogP contribution in [0.3, 0.4) is 0 Å². The van der Waals surface area contributed by atoms with Crippen LogP contribution in [0.1, 0.15) is 16.8 Å². The zero-order valence-corrected chi connectivity index (χ0v) is 16.5. The predicted octanol–water partition coefficient (Wildman–Crippen LogP) is 1.84. The van der Waals surface area contributed by atoms with Crippen molar-refractivity contribution in [2.75, 3.05) is 27.3 Å². The van der Waals surface area contributed by atoms with E-state index < -0.39 is 0 Å². The summed E-state index contributed by atoms with van der Waals surface area (Å²) in [5, 5.41) is 0. The number of hydrogen-bond acceptors (Lipinski definition) is 7. The maximum atomic E-state index is 12.7. The Balaban J connectivity index is 1.58. The van der Waals surface area contributed by atoms with E-state index in [0.717, 1.165) is 41.4 Å². The van der Waals surface area contributed by atoms with Crippen molar-refractivity contribution in [2.45, 2.75) is 19.4 Å². The monoisotopic (exact) mass is 393 g/mol. The van der Waals surface area contributed by atoms with Crippen LogP contribution in [0.2, 0.25) is 0 Å². The van der Waals surface area contributed by atoms with Crippen LogP contribution in [0.4, 0.5) is 0 Å². The molecule has 3 heterocycles. The normalized spacial score (nSPS) is 14.1. The summed E-state index contributed by atoms with van der Waals surface area (Å²) in [6.07, 6.45) is 6.10. The van der Waals surface area contributed by atoms with E-state index in [2.05, 4.69) is 24.8 Å². The highest BCUT2D eigenvalue weighted by molar-refractivity contribution is 5.48. The first-order valence-corrected chi connectivity index (χ1v) is 9.50. The summed E-state index contributed by atoms with van der Waals surface area (Å²) in [6.45, 7) is 2.21. The van der Waals surface area contributed by atoms with E-state index in [0.29, 0.717) is 30.9 Å². The average molecular weight is 393 g/mol. The number of aromatic nitrogens is 4. The van der Waals surface area contributed by atoms with E-state index in [-0.39, 0.29) is 5.56 Å². The van der Waals surface area contributed by atoms with Crippen LogP contribution in [-0.2, 0) is 19.4 Å². The van der Waals surface area contributed by atoms with Gasteiger partial charge < -0.3 is 14.5 Å². The molecule has 1 aliphatic rings. The summed E-state index contributed by atoms with van der Waals surface area (Å²) in [5.74, 6) is 2.06. The molecular formula is C21H23N5O3. The number of nitrogens with zero attached hydrogens (tertiary/aromatic N) is 4. The van der Waals surface area contributed by atoms with Crippen LogP contribution in [-0.4, -0.2) is 52.1 Å². The number of H-pyrrole nitrogens is 1. The first kappa shape index (κ1) is 19.1. The highest BCUT2D eigenvalue weighted by Gasteiger charge is 2.21. The van der Waals surface area contributed by atoms with Gasteiger partial charge in [0.2, 0.25) is 0 Å². The van der Waals surface area contributed by atoms with E-state index in [1.165, 1.54) is 0 Å². The standard InChI is InChI=1S/C21H23N5O3/c1-28-18-4-3-5-19(29-2)15(18)13-26-10-6-14-16(7-11-26)24-20(25-21(14)27)17-12-22-8-9-23-17/h3-5,8-9,12H,6-7,10-11,13H2,1-2H3,(H,24,25,27). The van der Waals surface area contributed by atoms with Crippen LogP contribution in [0, 0.1) is 0 Å². The minimum atomic E-state index is -0.104. The number of aromatic amines is 1. The predicted molar refractivity (Wildman–Crippen MR) is 108 cm³/mol. The molecule has 8 heteroatoms.